The van der Waals surface area contributed by atoms with Crippen LogP contribution in [0.15, 0.2) is 42.5 Å². The van der Waals surface area contributed by atoms with E-state index in [4.69, 9.17) is 4.74 Å². The highest BCUT2D eigenvalue weighted by molar-refractivity contribution is 6.16. The van der Waals surface area contributed by atoms with Crippen LogP contribution < -0.4 is 10.2 Å². The SMILES string of the molecule is Cc1cc(C)c2c(c1)C(NC(=O)OC(C)(C)C)(C(F)(F)C(=O)c1ccccc1)C(=O)N2C. The number of carbonyl (C=O) groups is 3. The Bertz CT molecular complexity index is 1090. The van der Waals surface area contributed by atoms with E-state index in [1.807, 2.05) is 0 Å². The summed E-state index contributed by atoms with van der Waals surface area (Å²) in [5, 5.41) is 2.11. The monoisotopic (exact) mass is 444 g/mol. The van der Waals surface area contributed by atoms with E-state index in [1.54, 1.807) is 46.8 Å². The van der Waals surface area contributed by atoms with Gasteiger partial charge in [0.05, 0.1) is 5.69 Å². The summed E-state index contributed by atoms with van der Waals surface area (Å²) < 4.78 is 37.5. The van der Waals surface area contributed by atoms with Gasteiger partial charge in [0.2, 0.25) is 11.3 Å². The Hall–Kier alpha value is -3.29. The number of amides is 2. The molecule has 8 heteroatoms. The zero-order chi connectivity index (χ0) is 24.1. The topological polar surface area (TPSA) is 75.7 Å². The molecule has 1 heterocycles. The Morgan fingerprint density at radius 1 is 1.06 bits per heavy atom. The molecule has 0 aromatic heterocycles. The molecule has 0 saturated carbocycles. The summed E-state index contributed by atoms with van der Waals surface area (Å²) in [5.41, 5.74) is -3.03. The lowest BCUT2D eigenvalue weighted by Crippen LogP contribution is -2.66. The number of nitrogens with zero attached hydrogens (tertiary/aromatic N) is 1. The van der Waals surface area contributed by atoms with Crippen molar-refractivity contribution in [2.75, 3.05) is 11.9 Å². The highest BCUT2D eigenvalue weighted by atomic mass is 19.3. The number of likely N-dealkylation sites (N-methyl/N-ethyl adjacent to an activating group) is 1. The smallest absolute Gasteiger partial charge is 0.408 e. The molecule has 1 unspecified atom stereocenters. The molecule has 1 atom stereocenters. The predicted octanol–water partition coefficient (Wildman–Crippen LogP) is 4.52. The van der Waals surface area contributed by atoms with Gasteiger partial charge in [0, 0.05) is 18.2 Å². The van der Waals surface area contributed by atoms with Crippen molar-refractivity contribution in [1.82, 2.24) is 5.32 Å². The van der Waals surface area contributed by atoms with Crippen molar-refractivity contribution >= 4 is 23.5 Å². The molecule has 6 nitrogen and oxygen atoms in total. The Morgan fingerprint density at radius 2 is 1.66 bits per heavy atom. The zero-order valence-electron chi connectivity index (χ0n) is 18.9. The molecule has 0 spiro atoms. The first-order chi connectivity index (χ1) is 14.7. The fourth-order valence-corrected chi connectivity index (χ4v) is 4.06. The minimum atomic E-state index is -4.32. The van der Waals surface area contributed by atoms with Crippen molar-refractivity contribution in [2.45, 2.75) is 51.7 Å². The molecule has 32 heavy (non-hydrogen) atoms. The van der Waals surface area contributed by atoms with Crippen LogP contribution in [0.2, 0.25) is 0 Å². The average molecular weight is 444 g/mol. The number of anilines is 1. The second kappa shape index (κ2) is 7.69. The molecule has 1 aliphatic rings. The van der Waals surface area contributed by atoms with Gasteiger partial charge in [0.25, 0.3) is 5.91 Å². The zero-order valence-corrected chi connectivity index (χ0v) is 18.9. The van der Waals surface area contributed by atoms with Gasteiger partial charge in [0.15, 0.2) is 0 Å². The standard InChI is InChI=1S/C24H26F2N2O4/c1-14-12-15(2)18-17(13-14)23(20(30)28(18)6,27-21(31)32-22(3,4)5)24(25,26)19(29)16-10-8-7-9-11-16/h7-13H,1-6H3,(H,27,31). The third kappa shape index (κ3) is 3.63. The molecule has 3 rings (SSSR count). The fraction of sp³-hybridized carbons (Fsp3) is 0.375. The number of benzene rings is 2. The largest absolute Gasteiger partial charge is 0.444 e. The van der Waals surface area contributed by atoms with Gasteiger partial charge in [-0.25, -0.2) is 4.79 Å². The average Bonchev–Trinajstić information content (AvgIpc) is 2.89. The Kier molecular flexibility index (Phi) is 5.62. The van der Waals surface area contributed by atoms with Crippen LogP contribution in [0.5, 0.6) is 0 Å². The van der Waals surface area contributed by atoms with Crippen LogP contribution in [0.1, 0.15) is 47.8 Å². The number of alkyl halides is 2. The maximum Gasteiger partial charge on any atom is 0.408 e. The van der Waals surface area contributed by atoms with E-state index in [2.05, 4.69) is 5.32 Å². The van der Waals surface area contributed by atoms with Gasteiger partial charge in [-0.1, -0.05) is 48.0 Å². The van der Waals surface area contributed by atoms with Crippen molar-refractivity contribution in [3.63, 3.8) is 0 Å². The highest BCUT2D eigenvalue weighted by Gasteiger charge is 2.70. The molecule has 0 saturated heterocycles. The molecule has 1 N–H and O–H groups in total. The molecule has 1 aliphatic heterocycles. The van der Waals surface area contributed by atoms with Crippen molar-refractivity contribution in [3.05, 3.63) is 64.7 Å². The van der Waals surface area contributed by atoms with Gasteiger partial charge in [-0.3, -0.25) is 14.9 Å². The lowest BCUT2D eigenvalue weighted by molar-refractivity contribution is -0.138. The molecular weight excluding hydrogens is 418 g/mol. The van der Waals surface area contributed by atoms with Gasteiger partial charge >= 0.3 is 12.0 Å². The number of ether oxygens (including phenoxy) is 1. The number of carbonyl (C=O) groups excluding carboxylic acids is 3. The van der Waals surface area contributed by atoms with E-state index >= 15 is 8.78 Å². The first-order valence-corrected chi connectivity index (χ1v) is 10.1. The molecule has 2 aromatic carbocycles. The van der Waals surface area contributed by atoms with Gasteiger partial charge in [-0.15, -0.1) is 0 Å². The van der Waals surface area contributed by atoms with Crippen LogP contribution in [0.4, 0.5) is 19.3 Å². The molecule has 0 fully saturated rings. The third-order valence-corrected chi connectivity index (χ3v) is 5.29. The molecule has 2 aromatic rings. The maximum atomic E-state index is 16.2. The molecule has 0 aliphatic carbocycles. The number of halogens is 2. The Labute approximate surface area is 185 Å². The number of ketones is 1. The number of alkyl carbamates (subject to hydrolysis) is 1. The van der Waals surface area contributed by atoms with Crippen molar-refractivity contribution in [2.24, 2.45) is 0 Å². The second-order valence-electron chi connectivity index (χ2n) is 8.99. The van der Waals surface area contributed by atoms with E-state index in [1.165, 1.54) is 37.4 Å². The van der Waals surface area contributed by atoms with E-state index in [-0.39, 0.29) is 16.8 Å². The van der Waals surface area contributed by atoms with Crippen LogP contribution >= 0.6 is 0 Å². The van der Waals surface area contributed by atoms with Crippen LogP contribution in [0.3, 0.4) is 0 Å². The Morgan fingerprint density at radius 3 is 2.22 bits per heavy atom. The van der Waals surface area contributed by atoms with Crippen LogP contribution in [0, 0.1) is 13.8 Å². The van der Waals surface area contributed by atoms with Gasteiger partial charge in [0.1, 0.15) is 5.60 Å². The summed E-state index contributed by atoms with van der Waals surface area (Å²) >= 11 is 0. The molecule has 0 radical (unpaired) electrons. The maximum absolute atomic E-state index is 16.2. The van der Waals surface area contributed by atoms with E-state index in [0.29, 0.717) is 11.1 Å². The van der Waals surface area contributed by atoms with Crippen molar-refractivity contribution < 1.29 is 27.9 Å². The number of aryl methyl sites for hydroxylation is 2. The first-order valence-electron chi connectivity index (χ1n) is 10.1. The number of hydrogen-bond donors (Lipinski definition) is 1. The summed E-state index contributed by atoms with van der Waals surface area (Å²) in [7, 11) is 1.34. The van der Waals surface area contributed by atoms with Crippen LogP contribution in [-0.2, 0) is 15.1 Å². The fourth-order valence-electron chi connectivity index (χ4n) is 4.06. The van der Waals surface area contributed by atoms with Gasteiger partial charge < -0.3 is 9.64 Å². The van der Waals surface area contributed by atoms with Crippen LogP contribution in [0.25, 0.3) is 0 Å². The summed E-state index contributed by atoms with van der Waals surface area (Å²) in [6, 6.07) is 10.1. The van der Waals surface area contributed by atoms with Crippen molar-refractivity contribution in [3.8, 4) is 0 Å². The van der Waals surface area contributed by atoms with E-state index in [9.17, 15) is 14.4 Å². The van der Waals surface area contributed by atoms with Crippen molar-refractivity contribution in [1.29, 1.82) is 0 Å². The summed E-state index contributed by atoms with van der Waals surface area (Å²) in [6.45, 7) is 8.06. The number of rotatable bonds is 4. The number of fused-ring (bicyclic) bond motifs is 1. The molecular formula is C24H26F2N2O4. The number of nitrogens with one attached hydrogen (secondary N) is 1. The first kappa shape index (κ1) is 23.4. The summed E-state index contributed by atoms with van der Waals surface area (Å²) in [5.74, 6) is -7.02. The quantitative estimate of drug-likeness (QED) is 0.704. The lowest BCUT2D eigenvalue weighted by atomic mass is 9.80. The van der Waals surface area contributed by atoms with E-state index in [0.717, 1.165) is 4.90 Å². The Balaban J connectivity index is 2.28. The minimum Gasteiger partial charge on any atom is -0.444 e. The molecule has 170 valence electrons. The minimum absolute atomic E-state index is 0.150. The summed E-state index contributed by atoms with van der Waals surface area (Å²) in [4.78, 5) is 40.3. The summed E-state index contributed by atoms with van der Waals surface area (Å²) in [6.07, 6.45) is -1.23. The third-order valence-electron chi connectivity index (χ3n) is 5.29. The normalized spacial score (nSPS) is 18.4. The van der Waals surface area contributed by atoms with Crippen LogP contribution in [-0.4, -0.2) is 36.4 Å². The number of Topliss-reactive ketones (excluding diaryl/α,β-unsaturated/α-hetero) is 1. The second-order valence-corrected chi connectivity index (χ2v) is 8.99. The lowest BCUT2D eigenvalue weighted by Gasteiger charge is -2.36. The number of hydrogen-bond acceptors (Lipinski definition) is 4. The van der Waals surface area contributed by atoms with Gasteiger partial charge in [-0.2, -0.15) is 8.78 Å². The van der Waals surface area contributed by atoms with Gasteiger partial charge in [-0.05, 0) is 40.2 Å². The van der Waals surface area contributed by atoms with E-state index < -0.39 is 34.8 Å². The molecule has 2 amide bonds. The predicted molar refractivity (Wildman–Crippen MR) is 116 cm³/mol. The molecule has 0 bridgehead atoms. The highest BCUT2D eigenvalue weighted by Crippen LogP contribution is 2.51.